The van der Waals surface area contributed by atoms with E-state index in [1.165, 1.54) is 16.7 Å². The van der Waals surface area contributed by atoms with Gasteiger partial charge in [-0.25, -0.2) is 0 Å². The van der Waals surface area contributed by atoms with Crippen LogP contribution in [0.1, 0.15) is 30.0 Å². The Morgan fingerprint density at radius 1 is 1.33 bits per heavy atom. The lowest BCUT2D eigenvalue weighted by molar-refractivity contribution is 0.475. The largest absolute Gasteiger partial charge is 0.357 e. The molecule has 1 aromatic heterocycles. The average Bonchev–Trinajstić information content (AvgIpc) is 2.98. The summed E-state index contributed by atoms with van der Waals surface area (Å²) in [5.74, 6) is 0.965. The van der Waals surface area contributed by atoms with Gasteiger partial charge < -0.3 is 10.2 Å². The number of benzene rings is 1. The second kappa shape index (κ2) is 9.11. The van der Waals surface area contributed by atoms with Crippen molar-refractivity contribution in [2.24, 2.45) is 12.0 Å². The zero-order chi connectivity index (χ0) is 17.4. The molecule has 0 saturated heterocycles. The van der Waals surface area contributed by atoms with Gasteiger partial charge in [-0.3, -0.25) is 9.67 Å². The van der Waals surface area contributed by atoms with E-state index < -0.39 is 0 Å². The van der Waals surface area contributed by atoms with E-state index in [1.54, 1.807) is 0 Å². The van der Waals surface area contributed by atoms with Gasteiger partial charge in [0.25, 0.3) is 0 Å². The minimum atomic E-state index is 0.815. The van der Waals surface area contributed by atoms with Crippen molar-refractivity contribution >= 4 is 5.96 Å². The van der Waals surface area contributed by atoms with E-state index >= 15 is 0 Å². The van der Waals surface area contributed by atoms with E-state index in [4.69, 9.17) is 4.99 Å². The molecule has 0 aliphatic carbocycles. The third kappa shape index (κ3) is 5.41. The normalized spacial score (nSPS) is 11.6. The molecule has 0 aliphatic heterocycles. The lowest BCUT2D eigenvalue weighted by Crippen LogP contribution is -2.38. The smallest absolute Gasteiger partial charge is 0.193 e. The van der Waals surface area contributed by atoms with Gasteiger partial charge in [-0.2, -0.15) is 5.10 Å². The van der Waals surface area contributed by atoms with E-state index in [1.807, 2.05) is 17.9 Å². The predicted octanol–water partition coefficient (Wildman–Crippen LogP) is 2.76. The highest BCUT2D eigenvalue weighted by Crippen LogP contribution is 2.09. The van der Waals surface area contributed by atoms with Crippen LogP contribution in [-0.4, -0.2) is 40.8 Å². The molecule has 0 atom stereocenters. The molecule has 130 valence electrons. The van der Waals surface area contributed by atoms with Crippen LogP contribution in [0.5, 0.6) is 0 Å². The van der Waals surface area contributed by atoms with Crippen LogP contribution in [0.25, 0.3) is 0 Å². The Morgan fingerprint density at radius 2 is 2.12 bits per heavy atom. The van der Waals surface area contributed by atoms with Gasteiger partial charge in [-0.15, -0.1) is 0 Å². The van der Waals surface area contributed by atoms with Gasteiger partial charge in [0, 0.05) is 39.9 Å². The topological polar surface area (TPSA) is 45.5 Å². The highest BCUT2D eigenvalue weighted by Gasteiger charge is 2.07. The number of nitrogens with one attached hydrogen (secondary N) is 1. The van der Waals surface area contributed by atoms with Crippen LogP contribution < -0.4 is 5.32 Å². The Hall–Kier alpha value is -2.30. The number of nitrogens with zero attached hydrogens (tertiary/aromatic N) is 4. The van der Waals surface area contributed by atoms with Crippen molar-refractivity contribution in [2.75, 3.05) is 20.1 Å². The van der Waals surface area contributed by atoms with Crippen LogP contribution in [0.3, 0.4) is 0 Å². The first-order valence-corrected chi connectivity index (χ1v) is 8.61. The van der Waals surface area contributed by atoms with Gasteiger partial charge in [-0.1, -0.05) is 24.3 Å². The van der Waals surface area contributed by atoms with Gasteiger partial charge in [0.1, 0.15) is 0 Å². The Labute approximate surface area is 145 Å². The molecule has 0 bridgehead atoms. The Balaban J connectivity index is 1.90. The molecule has 0 saturated carbocycles. The number of aliphatic imine (C=N–C) groups is 1. The van der Waals surface area contributed by atoms with E-state index in [-0.39, 0.29) is 0 Å². The van der Waals surface area contributed by atoms with E-state index in [9.17, 15) is 0 Å². The number of rotatable bonds is 7. The van der Waals surface area contributed by atoms with Crippen molar-refractivity contribution < 1.29 is 0 Å². The van der Waals surface area contributed by atoms with Crippen molar-refractivity contribution in [1.29, 1.82) is 0 Å². The third-order valence-electron chi connectivity index (χ3n) is 4.01. The lowest BCUT2D eigenvalue weighted by Gasteiger charge is -2.23. The van der Waals surface area contributed by atoms with Crippen molar-refractivity contribution in [3.8, 4) is 0 Å². The second-order valence-corrected chi connectivity index (χ2v) is 6.14. The SMILES string of the molecule is CCNC(=NCCCc1cnn(C)c1)N(C)Cc1ccccc1C. The summed E-state index contributed by atoms with van der Waals surface area (Å²) in [5.41, 5.74) is 3.92. The fraction of sp³-hybridized carbons (Fsp3) is 0.474. The molecule has 0 spiro atoms. The van der Waals surface area contributed by atoms with Crippen molar-refractivity contribution in [3.05, 3.63) is 53.3 Å². The number of aryl methyl sites for hydroxylation is 3. The van der Waals surface area contributed by atoms with Gasteiger partial charge in [0.2, 0.25) is 0 Å². The summed E-state index contributed by atoms with van der Waals surface area (Å²) in [7, 11) is 4.04. The molecule has 0 aliphatic rings. The molecule has 24 heavy (non-hydrogen) atoms. The molecule has 1 aromatic carbocycles. The van der Waals surface area contributed by atoms with E-state index in [0.29, 0.717) is 0 Å². The summed E-state index contributed by atoms with van der Waals surface area (Å²) in [4.78, 5) is 6.96. The lowest BCUT2D eigenvalue weighted by atomic mass is 10.1. The molecule has 2 aromatic rings. The number of hydrogen-bond donors (Lipinski definition) is 1. The molecule has 0 fully saturated rings. The monoisotopic (exact) mass is 327 g/mol. The molecule has 0 amide bonds. The maximum absolute atomic E-state index is 4.77. The molecule has 5 heteroatoms. The zero-order valence-corrected chi connectivity index (χ0v) is 15.3. The molecule has 2 rings (SSSR count). The van der Waals surface area contributed by atoms with Crippen LogP contribution in [0, 0.1) is 6.92 Å². The maximum atomic E-state index is 4.77. The molecule has 1 heterocycles. The Kier molecular flexibility index (Phi) is 6.85. The van der Waals surface area contributed by atoms with Gasteiger partial charge >= 0.3 is 0 Å². The summed E-state index contributed by atoms with van der Waals surface area (Å²) in [5, 5.41) is 7.59. The fourth-order valence-corrected chi connectivity index (χ4v) is 2.66. The minimum absolute atomic E-state index is 0.815. The van der Waals surface area contributed by atoms with Crippen molar-refractivity contribution in [3.63, 3.8) is 0 Å². The molecular weight excluding hydrogens is 298 g/mol. The van der Waals surface area contributed by atoms with Gasteiger partial charge in [0.15, 0.2) is 5.96 Å². The standard InChI is InChI=1S/C19H29N5/c1-5-20-19(21-12-8-10-17-13-22-24(4)14-17)23(3)15-18-11-7-6-9-16(18)2/h6-7,9,11,13-14H,5,8,10,12,15H2,1-4H3,(H,20,21). The summed E-state index contributed by atoms with van der Waals surface area (Å²) in [6.45, 7) is 6.81. The minimum Gasteiger partial charge on any atom is -0.357 e. The van der Waals surface area contributed by atoms with Crippen LogP contribution in [0.4, 0.5) is 0 Å². The van der Waals surface area contributed by atoms with Crippen molar-refractivity contribution in [2.45, 2.75) is 33.2 Å². The Bertz CT molecular complexity index is 659. The number of hydrogen-bond acceptors (Lipinski definition) is 2. The highest BCUT2D eigenvalue weighted by atomic mass is 15.3. The first kappa shape index (κ1) is 18.0. The third-order valence-corrected chi connectivity index (χ3v) is 4.01. The Morgan fingerprint density at radius 3 is 2.79 bits per heavy atom. The predicted molar refractivity (Wildman–Crippen MR) is 100 cm³/mol. The van der Waals surface area contributed by atoms with Crippen LogP contribution in [0.15, 0.2) is 41.7 Å². The maximum Gasteiger partial charge on any atom is 0.193 e. The quantitative estimate of drug-likeness (QED) is 0.483. The van der Waals surface area contributed by atoms with Gasteiger partial charge in [-0.05, 0) is 43.4 Å². The van der Waals surface area contributed by atoms with Crippen molar-refractivity contribution in [1.82, 2.24) is 20.0 Å². The molecule has 1 N–H and O–H groups in total. The first-order valence-electron chi connectivity index (χ1n) is 8.61. The second-order valence-electron chi connectivity index (χ2n) is 6.14. The van der Waals surface area contributed by atoms with E-state index in [0.717, 1.165) is 38.4 Å². The first-order chi connectivity index (χ1) is 11.6. The van der Waals surface area contributed by atoms with E-state index in [2.05, 4.69) is 66.7 Å². The summed E-state index contributed by atoms with van der Waals surface area (Å²) in [6, 6.07) is 8.50. The highest BCUT2D eigenvalue weighted by molar-refractivity contribution is 5.79. The number of aromatic nitrogens is 2. The summed E-state index contributed by atoms with van der Waals surface area (Å²) >= 11 is 0. The molecular formula is C19H29N5. The average molecular weight is 327 g/mol. The van der Waals surface area contributed by atoms with Gasteiger partial charge in [0.05, 0.1) is 6.20 Å². The zero-order valence-electron chi connectivity index (χ0n) is 15.3. The van der Waals surface area contributed by atoms with Crippen LogP contribution in [-0.2, 0) is 20.0 Å². The number of guanidine groups is 1. The fourth-order valence-electron chi connectivity index (χ4n) is 2.66. The molecule has 5 nitrogen and oxygen atoms in total. The summed E-state index contributed by atoms with van der Waals surface area (Å²) < 4.78 is 1.85. The summed E-state index contributed by atoms with van der Waals surface area (Å²) in [6.07, 6.45) is 6.04. The molecule has 0 radical (unpaired) electrons. The van der Waals surface area contributed by atoms with Crippen LogP contribution in [0.2, 0.25) is 0 Å². The molecule has 0 unspecified atom stereocenters. The van der Waals surface area contributed by atoms with Crippen LogP contribution >= 0.6 is 0 Å².